The first-order chi connectivity index (χ1) is 12.3. The lowest BCUT2D eigenvalue weighted by atomic mass is 10.1. The fourth-order valence-electron chi connectivity index (χ4n) is 2.85. The zero-order valence-corrected chi connectivity index (χ0v) is 15.9. The Hall–Kier alpha value is -2.34. The van der Waals surface area contributed by atoms with E-state index in [4.69, 9.17) is 9.47 Å². The molecule has 6 heteroatoms. The van der Waals surface area contributed by atoms with E-state index in [1.165, 1.54) is 0 Å². The Bertz CT molecular complexity index is 771. The molecular weight excluding hydrogens is 330 g/mol. The lowest BCUT2D eigenvalue weighted by Crippen LogP contribution is -2.22. The summed E-state index contributed by atoms with van der Waals surface area (Å²) in [6, 6.07) is 7.43. The number of carbonyl (C=O) groups is 1. The first-order valence-electron chi connectivity index (χ1n) is 9.05. The number of amides is 1. The monoisotopic (exact) mass is 357 g/mol. The van der Waals surface area contributed by atoms with Crippen molar-refractivity contribution in [2.45, 2.75) is 52.2 Å². The molecule has 1 fully saturated rings. The molecule has 3 rings (SSSR count). The fraction of sp³-hybridized carbons (Fsp3) is 0.500. The molecule has 1 aromatic heterocycles. The molecule has 0 aliphatic carbocycles. The number of hydrogen-bond donors (Lipinski definition) is 1. The van der Waals surface area contributed by atoms with Crippen molar-refractivity contribution >= 4 is 11.6 Å². The molecule has 0 radical (unpaired) electrons. The smallest absolute Gasteiger partial charge is 0.259 e. The van der Waals surface area contributed by atoms with Crippen molar-refractivity contribution < 1.29 is 14.3 Å². The molecular formula is C20H27N3O3. The van der Waals surface area contributed by atoms with Gasteiger partial charge >= 0.3 is 0 Å². The summed E-state index contributed by atoms with van der Waals surface area (Å²) in [6.45, 7) is 9.35. The Morgan fingerprint density at radius 2 is 2.23 bits per heavy atom. The van der Waals surface area contributed by atoms with Gasteiger partial charge in [0, 0.05) is 24.6 Å². The summed E-state index contributed by atoms with van der Waals surface area (Å²) >= 11 is 0. The van der Waals surface area contributed by atoms with Gasteiger partial charge in [0.15, 0.2) is 0 Å². The summed E-state index contributed by atoms with van der Waals surface area (Å²) in [5, 5.41) is 7.38. The highest BCUT2D eigenvalue weighted by atomic mass is 16.5. The quantitative estimate of drug-likeness (QED) is 0.885. The van der Waals surface area contributed by atoms with Gasteiger partial charge in [-0.1, -0.05) is 6.07 Å². The van der Waals surface area contributed by atoms with Crippen LogP contribution in [-0.4, -0.2) is 35.0 Å². The molecule has 1 N–H and O–H groups in total. The third kappa shape index (κ3) is 4.43. The van der Waals surface area contributed by atoms with Crippen molar-refractivity contribution in [3.05, 3.63) is 41.7 Å². The predicted octanol–water partition coefficient (Wildman–Crippen LogP) is 3.76. The van der Waals surface area contributed by atoms with Crippen LogP contribution in [-0.2, 0) is 10.3 Å². The zero-order chi connectivity index (χ0) is 18.7. The zero-order valence-electron chi connectivity index (χ0n) is 15.9. The lowest BCUT2D eigenvalue weighted by molar-refractivity contribution is 0.0680. The van der Waals surface area contributed by atoms with E-state index in [1.807, 2.05) is 35.9 Å². The van der Waals surface area contributed by atoms with Crippen LogP contribution in [0.25, 0.3) is 0 Å². The van der Waals surface area contributed by atoms with Crippen molar-refractivity contribution in [3.8, 4) is 5.75 Å². The molecule has 1 aliphatic rings. The average molecular weight is 357 g/mol. The number of rotatable bonds is 5. The molecule has 0 spiro atoms. The third-order valence-corrected chi connectivity index (χ3v) is 4.38. The molecule has 1 aromatic carbocycles. The summed E-state index contributed by atoms with van der Waals surface area (Å²) in [6.07, 6.45) is 4.08. The molecule has 2 heterocycles. The lowest BCUT2D eigenvalue weighted by Gasteiger charge is -2.18. The second-order valence-electron chi connectivity index (χ2n) is 7.67. The Morgan fingerprint density at radius 3 is 2.88 bits per heavy atom. The van der Waals surface area contributed by atoms with Gasteiger partial charge in [-0.2, -0.15) is 5.10 Å². The standard InChI is InChI=1S/C20H27N3O3/c1-14-18(12-23(22-14)20(2,3)4)19(24)21-15-7-5-8-16(11-15)26-13-17-9-6-10-25-17/h5,7-8,11-12,17H,6,9-10,13H2,1-4H3,(H,21,24). The number of nitrogens with one attached hydrogen (secondary N) is 1. The largest absolute Gasteiger partial charge is 0.491 e. The average Bonchev–Trinajstić information content (AvgIpc) is 3.22. The van der Waals surface area contributed by atoms with Crippen molar-refractivity contribution in [2.75, 3.05) is 18.5 Å². The van der Waals surface area contributed by atoms with Crippen LogP contribution in [0.5, 0.6) is 5.75 Å². The third-order valence-electron chi connectivity index (χ3n) is 4.38. The topological polar surface area (TPSA) is 65.4 Å². The predicted molar refractivity (Wildman–Crippen MR) is 101 cm³/mol. The molecule has 0 saturated carbocycles. The van der Waals surface area contributed by atoms with E-state index < -0.39 is 0 Å². The summed E-state index contributed by atoms with van der Waals surface area (Å²) in [5.41, 5.74) is 1.82. The van der Waals surface area contributed by atoms with Gasteiger partial charge in [-0.05, 0) is 52.7 Å². The summed E-state index contributed by atoms with van der Waals surface area (Å²) < 4.78 is 13.2. The molecule has 2 aromatic rings. The summed E-state index contributed by atoms with van der Waals surface area (Å²) in [7, 11) is 0. The Morgan fingerprint density at radius 1 is 1.42 bits per heavy atom. The van der Waals surface area contributed by atoms with Crippen LogP contribution in [0.4, 0.5) is 5.69 Å². The molecule has 1 amide bonds. The van der Waals surface area contributed by atoms with E-state index in [0.717, 1.165) is 25.2 Å². The van der Waals surface area contributed by atoms with Crippen molar-refractivity contribution in [3.63, 3.8) is 0 Å². The summed E-state index contributed by atoms with van der Waals surface area (Å²) in [5.74, 6) is 0.551. The highest BCUT2D eigenvalue weighted by Crippen LogP contribution is 2.21. The number of anilines is 1. The van der Waals surface area contributed by atoms with Gasteiger partial charge in [-0.15, -0.1) is 0 Å². The van der Waals surface area contributed by atoms with Gasteiger partial charge in [0.1, 0.15) is 12.4 Å². The number of aryl methyl sites for hydroxylation is 1. The molecule has 1 aliphatic heterocycles. The highest BCUT2D eigenvalue weighted by molar-refractivity contribution is 6.04. The minimum atomic E-state index is -0.172. The maximum absolute atomic E-state index is 12.6. The molecule has 1 atom stereocenters. The van der Waals surface area contributed by atoms with Crippen LogP contribution in [0.3, 0.4) is 0 Å². The van der Waals surface area contributed by atoms with E-state index in [1.54, 1.807) is 6.20 Å². The summed E-state index contributed by atoms with van der Waals surface area (Å²) in [4.78, 5) is 12.6. The van der Waals surface area contributed by atoms with Crippen LogP contribution < -0.4 is 10.1 Å². The minimum absolute atomic E-state index is 0.166. The van der Waals surface area contributed by atoms with E-state index in [0.29, 0.717) is 23.6 Å². The van der Waals surface area contributed by atoms with Crippen LogP contribution in [0.15, 0.2) is 30.5 Å². The van der Waals surface area contributed by atoms with Crippen LogP contribution in [0, 0.1) is 6.92 Å². The molecule has 0 bridgehead atoms. The second-order valence-corrected chi connectivity index (χ2v) is 7.67. The van der Waals surface area contributed by atoms with E-state index in [2.05, 4.69) is 31.2 Å². The van der Waals surface area contributed by atoms with Crippen molar-refractivity contribution in [1.82, 2.24) is 9.78 Å². The molecule has 26 heavy (non-hydrogen) atoms. The number of nitrogens with zero attached hydrogens (tertiary/aromatic N) is 2. The van der Waals surface area contributed by atoms with E-state index in [-0.39, 0.29) is 17.6 Å². The Kier molecular flexibility index (Phi) is 5.32. The van der Waals surface area contributed by atoms with Gasteiger partial charge in [0.05, 0.1) is 22.9 Å². The Balaban J connectivity index is 1.65. The van der Waals surface area contributed by atoms with Crippen molar-refractivity contribution in [1.29, 1.82) is 0 Å². The van der Waals surface area contributed by atoms with Crippen LogP contribution in [0.1, 0.15) is 49.7 Å². The van der Waals surface area contributed by atoms with Gasteiger partial charge in [-0.3, -0.25) is 9.48 Å². The number of ether oxygens (including phenoxy) is 2. The molecule has 1 unspecified atom stereocenters. The minimum Gasteiger partial charge on any atom is -0.491 e. The van der Waals surface area contributed by atoms with Crippen LogP contribution in [0.2, 0.25) is 0 Å². The highest BCUT2D eigenvalue weighted by Gasteiger charge is 2.20. The van der Waals surface area contributed by atoms with Crippen LogP contribution >= 0.6 is 0 Å². The van der Waals surface area contributed by atoms with Gasteiger partial charge < -0.3 is 14.8 Å². The molecule has 6 nitrogen and oxygen atoms in total. The second kappa shape index (κ2) is 7.50. The van der Waals surface area contributed by atoms with E-state index in [9.17, 15) is 4.79 Å². The number of hydrogen-bond acceptors (Lipinski definition) is 4. The first-order valence-corrected chi connectivity index (χ1v) is 9.05. The van der Waals surface area contributed by atoms with Gasteiger partial charge in [0.25, 0.3) is 5.91 Å². The van der Waals surface area contributed by atoms with Crippen molar-refractivity contribution in [2.24, 2.45) is 0 Å². The van der Waals surface area contributed by atoms with E-state index >= 15 is 0 Å². The molecule has 1 saturated heterocycles. The maximum atomic E-state index is 12.6. The SMILES string of the molecule is Cc1nn(C(C)(C)C)cc1C(=O)Nc1cccc(OCC2CCCO2)c1. The normalized spacial score (nSPS) is 17.3. The maximum Gasteiger partial charge on any atom is 0.259 e. The van der Waals surface area contributed by atoms with Gasteiger partial charge in [0.2, 0.25) is 0 Å². The number of benzene rings is 1. The first kappa shape index (κ1) is 18.5. The van der Waals surface area contributed by atoms with Gasteiger partial charge in [-0.25, -0.2) is 0 Å². The molecule has 140 valence electrons. The number of carbonyl (C=O) groups excluding carboxylic acids is 1. The Labute approximate surface area is 154 Å². The number of aromatic nitrogens is 2. The fourth-order valence-corrected chi connectivity index (χ4v) is 2.85.